The molecule has 0 aromatic heterocycles. The van der Waals surface area contributed by atoms with Gasteiger partial charge >= 0.3 is 0 Å². The lowest BCUT2D eigenvalue weighted by Crippen LogP contribution is -2.40. The van der Waals surface area contributed by atoms with Gasteiger partial charge in [0.25, 0.3) is 0 Å². The van der Waals surface area contributed by atoms with Crippen molar-refractivity contribution in [2.75, 3.05) is 0 Å². The Morgan fingerprint density at radius 3 is 2.31 bits per heavy atom. The van der Waals surface area contributed by atoms with Gasteiger partial charge < -0.3 is 0 Å². The summed E-state index contributed by atoms with van der Waals surface area (Å²) in [5.41, 5.74) is 0.0486. The first kappa shape index (κ1) is 10.7. The summed E-state index contributed by atoms with van der Waals surface area (Å²) in [6.07, 6.45) is 6.48. The molecule has 1 aliphatic rings. The van der Waals surface area contributed by atoms with Crippen LogP contribution in [0.5, 0.6) is 0 Å². The molecule has 1 nitrogen and oxygen atoms in total. The van der Waals surface area contributed by atoms with E-state index in [0.717, 1.165) is 25.7 Å². The van der Waals surface area contributed by atoms with E-state index in [1.807, 2.05) is 0 Å². The highest BCUT2D eigenvalue weighted by Crippen LogP contribution is 2.45. The molecule has 0 amide bonds. The highest BCUT2D eigenvalue weighted by Gasteiger charge is 2.42. The van der Waals surface area contributed by atoms with Gasteiger partial charge in [0.15, 0.2) is 0 Å². The predicted octanol–water partition coefficient (Wildman–Crippen LogP) is 3.57. The summed E-state index contributed by atoms with van der Waals surface area (Å²) in [6, 6.07) is 0. The first-order valence-corrected chi connectivity index (χ1v) is 5.74. The third-order valence-corrected chi connectivity index (χ3v) is 4.05. The van der Waals surface area contributed by atoms with Crippen LogP contribution in [0.15, 0.2) is 0 Å². The van der Waals surface area contributed by atoms with Crippen molar-refractivity contribution in [3.63, 3.8) is 0 Å². The predicted molar refractivity (Wildman–Crippen MR) is 55.7 cm³/mol. The van der Waals surface area contributed by atoms with Gasteiger partial charge in [-0.05, 0) is 31.6 Å². The molecule has 13 heavy (non-hydrogen) atoms. The van der Waals surface area contributed by atoms with E-state index in [-0.39, 0.29) is 5.41 Å². The summed E-state index contributed by atoms with van der Waals surface area (Å²) >= 11 is 0. The van der Waals surface area contributed by atoms with Gasteiger partial charge in [0, 0.05) is 11.8 Å². The van der Waals surface area contributed by atoms with Crippen molar-refractivity contribution in [1.29, 1.82) is 0 Å². The maximum atomic E-state index is 11.9. The summed E-state index contributed by atoms with van der Waals surface area (Å²) in [4.78, 5) is 11.9. The Labute approximate surface area is 81.9 Å². The van der Waals surface area contributed by atoms with Crippen molar-refractivity contribution in [3.8, 4) is 0 Å². The number of rotatable bonds is 3. The molecule has 0 N–H and O–H groups in total. The van der Waals surface area contributed by atoms with Crippen molar-refractivity contribution >= 4 is 5.78 Å². The minimum Gasteiger partial charge on any atom is -0.299 e. The second-order valence-corrected chi connectivity index (χ2v) is 4.28. The number of carbonyl (C=O) groups excluding carboxylic acids is 1. The van der Waals surface area contributed by atoms with Gasteiger partial charge in [-0.3, -0.25) is 4.79 Å². The average molecular weight is 182 g/mol. The zero-order chi connectivity index (χ0) is 9.90. The monoisotopic (exact) mass is 182 g/mol. The molecule has 0 radical (unpaired) electrons. The van der Waals surface area contributed by atoms with E-state index in [0.29, 0.717) is 11.7 Å². The largest absolute Gasteiger partial charge is 0.299 e. The molecule has 76 valence electrons. The van der Waals surface area contributed by atoms with Crippen LogP contribution in [-0.2, 0) is 4.79 Å². The quantitative estimate of drug-likeness (QED) is 0.652. The molecule has 0 spiro atoms. The number of hydrogen-bond acceptors (Lipinski definition) is 1. The molecule has 0 aromatic rings. The van der Waals surface area contributed by atoms with E-state index in [9.17, 15) is 4.79 Å². The normalized spacial score (nSPS) is 27.6. The summed E-state index contributed by atoms with van der Waals surface area (Å²) in [5, 5.41) is 0. The smallest absolute Gasteiger partial charge is 0.139 e. The number of Topliss-reactive ketones (excluding diaryl/α,β-unsaturated/α-hetero) is 1. The topological polar surface area (TPSA) is 17.1 Å². The molecule has 1 fully saturated rings. The highest BCUT2D eigenvalue weighted by molar-refractivity contribution is 5.85. The molecule has 1 heteroatoms. The molecule has 1 saturated carbocycles. The van der Waals surface area contributed by atoms with Crippen molar-refractivity contribution in [3.05, 3.63) is 0 Å². The fourth-order valence-electron chi connectivity index (χ4n) is 3.08. The van der Waals surface area contributed by atoms with E-state index in [4.69, 9.17) is 0 Å². The summed E-state index contributed by atoms with van der Waals surface area (Å²) < 4.78 is 0. The van der Waals surface area contributed by atoms with Crippen molar-refractivity contribution in [2.45, 2.75) is 59.3 Å². The Bertz CT molecular complexity index is 180. The maximum absolute atomic E-state index is 11.9. The van der Waals surface area contributed by atoms with Crippen LogP contribution in [0.1, 0.15) is 59.3 Å². The van der Waals surface area contributed by atoms with E-state index in [1.54, 1.807) is 0 Å². The minimum atomic E-state index is 0.0486. The Morgan fingerprint density at radius 2 is 1.92 bits per heavy atom. The molecular weight excluding hydrogens is 160 g/mol. The van der Waals surface area contributed by atoms with Crippen LogP contribution in [0.3, 0.4) is 0 Å². The van der Waals surface area contributed by atoms with Crippen molar-refractivity contribution < 1.29 is 4.79 Å². The van der Waals surface area contributed by atoms with Crippen LogP contribution < -0.4 is 0 Å². The zero-order valence-electron chi connectivity index (χ0n) is 9.23. The molecular formula is C12H22O. The van der Waals surface area contributed by atoms with Crippen LogP contribution in [0.2, 0.25) is 0 Å². The summed E-state index contributed by atoms with van der Waals surface area (Å²) in [7, 11) is 0. The standard InChI is InChI=1S/C12H22O/c1-4-10-8-7-9-11(13)12(10,5-2)6-3/h10H,4-9H2,1-3H3. The Morgan fingerprint density at radius 1 is 1.31 bits per heavy atom. The number of hydrogen-bond donors (Lipinski definition) is 0. The van der Waals surface area contributed by atoms with Crippen LogP contribution in [0.25, 0.3) is 0 Å². The minimum absolute atomic E-state index is 0.0486. The van der Waals surface area contributed by atoms with Gasteiger partial charge in [-0.25, -0.2) is 0 Å². The third-order valence-electron chi connectivity index (χ3n) is 4.05. The molecule has 1 aliphatic carbocycles. The second-order valence-electron chi connectivity index (χ2n) is 4.28. The Balaban J connectivity index is 2.88. The van der Waals surface area contributed by atoms with Gasteiger partial charge in [0.05, 0.1) is 0 Å². The first-order chi connectivity index (χ1) is 6.21. The van der Waals surface area contributed by atoms with E-state index >= 15 is 0 Å². The Hall–Kier alpha value is -0.330. The summed E-state index contributed by atoms with van der Waals surface area (Å²) in [6.45, 7) is 6.58. The van der Waals surface area contributed by atoms with Gasteiger partial charge in [0.2, 0.25) is 0 Å². The fraction of sp³-hybridized carbons (Fsp3) is 0.917. The highest BCUT2D eigenvalue weighted by atomic mass is 16.1. The molecule has 0 saturated heterocycles. The van der Waals surface area contributed by atoms with Gasteiger partial charge in [-0.2, -0.15) is 0 Å². The van der Waals surface area contributed by atoms with E-state index < -0.39 is 0 Å². The maximum Gasteiger partial charge on any atom is 0.139 e. The zero-order valence-corrected chi connectivity index (χ0v) is 9.23. The number of carbonyl (C=O) groups is 1. The third kappa shape index (κ3) is 1.66. The van der Waals surface area contributed by atoms with Crippen LogP contribution >= 0.6 is 0 Å². The molecule has 1 unspecified atom stereocenters. The van der Waals surface area contributed by atoms with Gasteiger partial charge in [-0.1, -0.05) is 27.2 Å². The van der Waals surface area contributed by atoms with Crippen LogP contribution in [0.4, 0.5) is 0 Å². The fourth-order valence-corrected chi connectivity index (χ4v) is 3.08. The lowest BCUT2D eigenvalue weighted by atomic mass is 9.61. The van der Waals surface area contributed by atoms with Gasteiger partial charge in [-0.15, -0.1) is 0 Å². The van der Waals surface area contributed by atoms with Crippen LogP contribution in [-0.4, -0.2) is 5.78 Å². The van der Waals surface area contributed by atoms with Crippen LogP contribution in [0, 0.1) is 11.3 Å². The molecule has 0 aromatic carbocycles. The second kappa shape index (κ2) is 4.26. The Kier molecular flexibility index (Phi) is 3.52. The molecule has 0 aliphatic heterocycles. The van der Waals surface area contributed by atoms with Gasteiger partial charge in [0.1, 0.15) is 5.78 Å². The lowest BCUT2D eigenvalue weighted by Gasteiger charge is -2.41. The molecule has 0 bridgehead atoms. The molecule has 1 atom stereocenters. The number of ketones is 1. The average Bonchev–Trinajstić information content (AvgIpc) is 2.18. The first-order valence-electron chi connectivity index (χ1n) is 5.74. The molecule has 0 heterocycles. The lowest BCUT2D eigenvalue weighted by molar-refractivity contribution is -0.136. The van der Waals surface area contributed by atoms with Crippen molar-refractivity contribution in [1.82, 2.24) is 0 Å². The summed E-state index contributed by atoms with van der Waals surface area (Å²) in [5.74, 6) is 1.19. The molecule has 1 rings (SSSR count). The van der Waals surface area contributed by atoms with Crippen molar-refractivity contribution in [2.24, 2.45) is 11.3 Å². The SMILES string of the molecule is CCC1CCCC(=O)C1(CC)CC. The van der Waals surface area contributed by atoms with E-state index in [2.05, 4.69) is 20.8 Å². The van der Waals surface area contributed by atoms with E-state index in [1.165, 1.54) is 12.8 Å².